The van der Waals surface area contributed by atoms with Crippen LogP contribution >= 0.6 is 0 Å². The normalized spacial score (nSPS) is 14.7. The molecule has 1 aliphatic rings. The van der Waals surface area contributed by atoms with Crippen molar-refractivity contribution in [2.75, 3.05) is 24.2 Å². The standard InChI is InChI=1S/C30H35N3O3/c1-4-5-6-10-17-33(3)20-24-18-23(13-15-26(24)22-11-8-7-9-12-22)30(35)31-25-14-16-28-27(19-25)32-29(34)21(2)36-28/h7-9,11-16,18-19,21H,4-6,10,17,20H2,1-3H3,(H,31,35)(H,32,34). The van der Waals surface area contributed by atoms with Crippen molar-refractivity contribution < 1.29 is 14.3 Å². The third-order valence-electron chi connectivity index (χ3n) is 6.45. The number of nitrogens with zero attached hydrogens (tertiary/aromatic N) is 1. The van der Waals surface area contributed by atoms with E-state index in [1.165, 1.54) is 25.7 Å². The summed E-state index contributed by atoms with van der Waals surface area (Å²) in [5, 5.41) is 5.79. The molecule has 0 fully saturated rings. The maximum atomic E-state index is 13.2. The minimum atomic E-state index is -0.538. The first-order valence-electron chi connectivity index (χ1n) is 12.7. The van der Waals surface area contributed by atoms with E-state index in [1.807, 2.05) is 36.4 Å². The minimum Gasteiger partial charge on any atom is -0.479 e. The van der Waals surface area contributed by atoms with Crippen LogP contribution in [0.4, 0.5) is 11.4 Å². The molecule has 2 N–H and O–H groups in total. The Bertz CT molecular complexity index is 1210. The van der Waals surface area contributed by atoms with Crippen LogP contribution in [0, 0.1) is 0 Å². The Morgan fingerprint density at radius 2 is 1.83 bits per heavy atom. The van der Waals surface area contributed by atoms with E-state index in [-0.39, 0.29) is 11.8 Å². The molecule has 0 spiro atoms. The molecule has 3 aromatic carbocycles. The van der Waals surface area contributed by atoms with Gasteiger partial charge in [0.15, 0.2) is 6.10 Å². The van der Waals surface area contributed by atoms with E-state index >= 15 is 0 Å². The number of hydrogen-bond donors (Lipinski definition) is 2. The fourth-order valence-electron chi connectivity index (χ4n) is 4.43. The fourth-order valence-corrected chi connectivity index (χ4v) is 4.43. The Morgan fingerprint density at radius 3 is 2.61 bits per heavy atom. The van der Waals surface area contributed by atoms with Gasteiger partial charge < -0.3 is 20.3 Å². The lowest BCUT2D eigenvalue weighted by Crippen LogP contribution is -2.34. The summed E-state index contributed by atoms with van der Waals surface area (Å²) in [5.74, 6) is 0.195. The van der Waals surface area contributed by atoms with Crippen molar-refractivity contribution in [2.24, 2.45) is 0 Å². The number of fused-ring (bicyclic) bond motifs is 1. The molecule has 1 aliphatic heterocycles. The van der Waals surface area contributed by atoms with Gasteiger partial charge in [-0.1, -0.05) is 62.6 Å². The number of carbonyl (C=O) groups excluding carboxylic acids is 2. The van der Waals surface area contributed by atoms with E-state index in [0.717, 1.165) is 29.8 Å². The number of benzene rings is 3. The molecule has 188 valence electrons. The summed E-state index contributed by atoms with van der Waals surface area (Å²) in [6.45, 7) is 5.71. The highest BCUT2D eigenvalue weighted by atomic mass is 16.5. The minimum absolute atomic E-state index is 0.196. The van der Waals surface area contributed by atoms with Gasteiger partial charge in [-0.25, -0.2) is 0 Å². The zero-order valence-corrected chi connectivity index (χ0v) is 21.3. The highest BCUT2D eigenvalue weighted by Crippen LogP contribution is 2.32. The van der Waals surface area contributed by atoms with Gasteiger partial charge in [0.2, 0.25) is 0 Å². The first kappa shape index (κ1) is 25.5. The van der Waals surface area contributed by atoms with Crippen molar-refractivity contribution in [1.82, 2.24) is 4.90 Å². The van der Waals surface area contributed by atoms with Crippen LogP contribution in [0.2, 0.25) is 0 Å². The summed E-state index contributed by atoms with van der Waals surface area (Å²) in [6.07, 6.45) is 4.35. The van der Waals surface area contributed by atoms with E-state index < -0.39 is 6.10 Å². The van der Waals surface area contributed by atoms with Crippen LogP contribution in [0.3, 0.4) is 0 Å². The lowest BCUT2D eigenvalue weighted by Gasteiger charge is -2.23. The number of unbranched alkanes of at least 4 members (excludes halogenated alkanes) is 3. The van der Waals surface area contributed by atoms with Crippen LogP contribution in [0.25, 0.3) is 11.1 Å². The Balaban J connectivity index is 1.53. The first-order chi connectivity index (χ1) is 17.4. The molecule has 0 saturated heterocycles. The number of ether oxygens (including phenoxy) is 1. The SMILES string of the molecule is CCCCCCN(C)Cc1cc(C(=O)Nc2ccc3c(c2)NC(=O)C(C)O3)ccc1-c1ccccc1. The van der Waals surface area contributed by atoms with Crippen LogP contribution in [0.1, 0.15) is 55.5 Å². The van der Waals surface area contributed by atoms with Gasteiger partial charge in [-0.3, -0.25) is 9.59 Å². The zero-order chi connectivity index (χ0) is 25.5. The Labute approximate surface area is 213 Å². The molecule has 1 unspecified atom stereocenters. The van der Waals surface area contributed by atoms with Crippen LogP contribution in [0.5, 0.6) is 5.75 Å². The largest absolute Gasteiger partial charge is 0.479 e. The van der Waals surface area contributed by atoms with Crippen molar-refractivity contribution in [3.63, 3.8) is 0 Å². The molecule has 6 nitrogen and oxygen atoms in total. The summed E-state index contributed by atoms with van der Waals surface area (Å²) in [4.78, 5) is 27.5. The van der Waals surface area contributed by atoms with Gasteiger partial charge >= 0.3 is 0 Å². The molecule has 0 aromatic heterocycles. The zero-order valence-electron chi connectivity index (χ0n) is 21.3. The van der Waals surface area contributed by atoms with E-state index in [2.05, 4.69) is 41.6 Å². The van der Waals surface area contributed by atoms with Gasteiger partial charge in [-0.05, 0) is 74.0 Å². The average molecular weight is 486 g/mol. The summed E-state index contributed by atoms with van der Waals surface area (Å²) in [7, 11) is 2.14. The molecular formula is C30H35N3O3. The molecule has 0 saturated carbocycles. The number of amides is 2. The van der Waals surface area contributed by atoms with Crippen LogP contribution in [-0.2, 0) is 11.3 Å². The Kier molecular flexibility index (Phi) is 8.39. The number of carbonyl (C=O) groups is 2. The third kappa shape index (κ3) is 6.32. The van der Waals surface area contributed by atoms with E-state index in [9.17, 15) is 9.59 Å². The molecule has 36 heavy (non-hydrogen) atoms. The predicted molar refractivity (Wildman–Crippen MR) is 145 cm³/mol. The topological polar surface area (TPSA) is 70.7 Å². The van der Waals surface area contributed by atoms with Gasteiger partial charge in [0.1, 0.15) is 5.75 Å². The molecular weight excluding hydrogens is 450 g/mol. The molecule has 3 aromatic rings. The lowest BCUT2D eigenvalue weighted by molar-refractivity contribution is -0.122. The van der Waals surface area contributed by atoms with Crippen molar-refractivity contribution in [3.05, 3.63) is 77.9 Å². The molecule has 0 radical (unpaired) electrons. The van der Waals surface area contributed by atoms with Crippen molar-refractivity contribution in [2.45, 2.75) is 52.2 Å². The van der Waals surface area contributed by atoms with E-state index in [4.69, 9.17) is 4.74 Å². The van der Waals surface area contributed by atoms with Gasteiger partial charge in [-0.15, -0.1) is 0 Å². The second-order valence-electron chi connectivity index (χ2n) is 9.45. The molecule has 1 atom stereocenters. The molecule has 1 heterocycles. The summed E-state index contributed by atoms with van der Waals surface area (Å²) in [5.41, 5.74) is 5.14. The van der Waals surface area contributed by atoms with Gasteiger partial charge in [0.05, 0.1) is 5.69 Å². The molecule has 2 amide bonds. The molecule has 0 aliphatic carbocycles. The Morgan fingerprint density at radius 1 is 1.03 bits per heavy atom. The molecule has 6 heteroatoms. The quantitative estimate of drug-likeness (QED) is 0.329. The van der Waals surface area contributed by atoms with Crippen molar-refractivity contribution in [3.8, 4) is 16.9 Å². The Hall–Kier alpha value is -3.64. The lowest BCUT2D eigenvalue weighted by atomic mass is 9.96. The number of anilines is 2. The van der Waals surface area contributed by atoms with Crippen LogP contribution in [0.15, 0.2) is 66.7 Å². The summed E-state index contributed by atoms with van der Waals surface area (Å²) < 4.78 is 5.61. The molecule has 4 rings (SSSR count). The number of nitrogens with one attached hydrogen (secondary N) is 2. The van der Waals surface area contributed by atoms with E-state index in [0.29, 0.717) is 22.7 Å². The maximum Gasteiger partial charge on any atom is 0.265 e. The summed E-state index contributed by atoms with van der Waals surface area (Å²) in [6, 6.07) is 21.4. The third-order valence-corrected chi connectivity index (χ3v) is 6.45. The highest BCUT2D eigenvalue weighted by molar-refractivity contribution is 6.05. The van der Waals surface area contributed by atoms with Gasteiger partial charge in [0, 0.05) is 17.8 Å². The van der Waals surface area contributed by atoms with Gasteiger partial charge in [0.25, 0.3) is 11.8 Å². The van der Waals surface area contributed by atoms with Crippen molar-refractivity contribution in [1.29, 1.82) is 0 Å². The van der Waals surface area contributed by atoms with Crippen LogP contribution < -0.4 is 15.4 Å². The van der Waals surface area contributed by atoms with Crippen molar-refractivity contribution >= 4 is 23.2 Å². The predicted octanol–water partition coefficient (Wildman–Crippen LogP) is 6.34. The maximum absolute atomic E-state index is 13.2. The monoisotopic (exact) mass is 485 g/mol. The second kappa shape index (κ2) is 11.9. The number of hydrogen-bond acceptors (Lipinski definition) is 4. The fraction of sp³-hybridized carbons (Fsp3) is 0.333. The smallest absolute Gasteiger partial charge is 0.265 e. The first-order valence-corrected chi connectivity index (χ1v) is 12.7. The summed E-state index contributed by atoms with van der Waals surface area (Å²) >= 11 is 0. The van der Waals surface area contributed by atoms with Crippen LogP contribution in [-0.4, -0.2) is 36.4 Å². The van der Waals surface area contributed by atoms with E-state index in [1.54, 1.807) is 25.1 Å². The average Bonchev–Trinajstić information content (AvgIpc) is 2.88. The number of rotatable bonds is 10. The second-order valence-corrected chi connectivity index (χ2v) is 9.45. The van der Waals surface area contributed by atoms with Gasteiger partial charge in [-0.2, -0.15) is 0 Å². The highest BCUT2D eigenvalue weighted by Gasteiger charge is 2.24. The molecule has 0 bridgehead atoms.